The van der Waals surface area contributed by atoms with Crippen molar-refractivity contribution >= 4 is 0 Å². The van der Waals surface area contributed by atoms with Crippen molar-refractivity contribution in [3.63, 3.8) is 0 Å². The predicted octanol–water partition coefficient (Wildman–Crippen LogP) is 2.40. The molecule has 1 fully saturated rings. The Morgan fingerprint density at radius 1 is 1.20 bits per heavy atom. The molecule has 20 heavy (non-hydrogen) atoms. The van der Waals surface area contributed by atoms with Gasteiger partial charge in [-0.1, -0.05) is 19.3 Å². The first kappa shape index (κ1) is 13.4. The van der Waals surface area contributed by atoms with Gasteiger partial charge in [0, 0.05) is 25.9 Å². The molecule has 2 aromatic rings. The van der Waals surface area contributed by atoms with Gasteiger partial charge in [-0.05, 0) is 25.0 Å². The number of aromatic nitrogens is 4. The van der Waals surface area contributed by atoms with Crippen LogP contribution in [0.15, 0.2) is 24.5 Å². The summed E-state index contributed by atoms with van der Waals surface area (Å²) in [7, 11) is 1.86. The molecule has 1 unspecified atom stereocenters. The third-order valence-electron chi connectivity index (χ3n) is 4.09. The molecule has 2 aromatic heterocycles. The number of aryl methyl sites for hydroxylation is 1. The standard InChI is InChI=1S/C15H22N4O/c1-18-9-8-14(17-18)15(20)11-12-7-10-19(16-12)13-5-3-2-4-6-13/h7-10,13,15,20H,2-6,11H2,1H3. The Labute approximate surface area is 119 Å². The normalized spacial score (nSPS) is 18.3. The second kappa shape index (κ2) is 5.79. The van der Waals surface area contributed by atoms with Crippen LogP contribution in [0.25, 0.3) is 0 Å². The Morgan fingerprint density at radius 2 is 2.00 bits per heavy atom. The van der Waals surface area contributed by atoms with Crippen molar-refractivity contribution < 1.29 is 5.11 Å². The summed E-state index contributed by atoms with van der Waals surface area (Å²) in [6.45, 7) is 0. The fourth-order valence-corrected chi connectivity index (χ4v) is 2.95. The van der Waals surface area contributed by atoms with E-state index >= 15 is 0 Å². The number of nitrogens with zero attached hydrogens (tertiary/aromatic N) is 4. The molecule has 1 atom stereocenters. The average molecular weight is 274 g/mol. The van der Waals surface area contributed by atoms with Crippen LogP contribution < -0.4 is 0 Å². The third-order valence-corrected chi connectivity index (χ3v) is 4.09. The molecule has 0 bridgehead atoms. The summed E-state index contributed by atoms with van der Waals surface area (Å²) in [5.41, 5.74) is 1.65. The lowest BCUT2D eigenvalue weighted by Crippen LogP contribution is -2.14. The van der Waals surface area contributed by atoms with Crippen molar-refractivity contribution in [2.24, 2.45) is 7.05 Å². The van der Waals surface area contributed by atoms with Gasteiger partial charge in [-0.3, -0.25) is 9.36 Å². The van der Waals surface area contributed by atoms with E-state index in [1.165, 1.54) is 32.1 Å². The highest BCUT2D eigenvalue weighted by Crippen LogP contribution is 2.27. The van der Waals surface area contributed by atoms with Crippen LogP contribution in [-0.2, 0) is 13.5 Å². The zero-order valence-corrected chi connectivity index (χ0v) is 11.9. The van der Waals surface area contributed by atoms with E-state index in [-0.39, 0.29) is 0 Å². The summed E-state index contributed by atoms with van der Waals surface area (Å²) in [5.74, 6) is 0. The first-order valence-electron chi connectivity index (χ1n) is 7.44. The van der Waals surface area contributed by atoms with Gasteiger partial charge in [0.05, 0.1) is 17.4 Å². The molecule has 3 rings (SSSR count). The van der Waals surface area contributed by atoms with Crippen LogP contribution in [-0.4, -0.2) is 24.7 Å². The molecule has 0 radical (unpaired) electrons. The zero-order valence-electron chi connectivity index (χ0n) is 11.9. The smallest absolute Gasteiger partial charge is 0.103 e. The minimum absolute atomic E-state index is 0.525. The van der Waals surface area contributed by atoms with E-state index in [0.717, 1.165) is 5.69 Å². The van der Waals surface area contributed by atoms with Gasteiger partial charge < -0.3 is 5.11 Å². The van der Waals surface area contributed by atoms with Crippen molar-refractivity contribution in [1.82, 2.24) is 19.6 Å². The van der Waals surface area contributed by atoms with Crippen molar-refractivity contribution in [3.8, 4) is 0 Å². The fourth-order valence-electron chi connectivity index (χ4n) is 2.95. The quantitative estimate of drug-likeness (QED) is 0.931. The molecule has 108 valence electrons. The molecule has 1 N–H and O–H groups in total. The van der Waals surface area contributed by atoms with Crippen molar-refractivity contribution in [2.45, 2.75) is 50.7 Å². The van der Waals surface area contributed by atoms with E-state index in [1.54, 1.807) is 4.68 Å². The van der Waals surface area contributed by atoms with Crippen LogP contribution in [0.5, 0.6) is 0 Å². The van der Waals surface area contributed by atoms with E-state index in [0.29, 0.717) is 18.2 Å². The molecular formula is C15H22N4O. The van der Waals surface area contributed by atoms with Crippen LogP contribution in [0.2, 0.25) is 0 Å². The molecule has 0 aromatic carbocycles. The van der Waals surface area contributed by atoms with Gasteiger partial charge >= 0.3 is 0 Å². The fraction of sp³-hybridized carbons (Fsp3) is 0.600. The molecular weight excluding hydrogens is 252 g/mol. The monoisotopic (exact) mass is 274 g/mol. The highest BCUT2D eigenvalue weighted by Gasteiger charge is 2.18. The number of hydrogen-bond acceptors (Lipinski definition) is 3. The summed E-state index contributed by atoms with van der Waals surface area (Å²) in [4.78, 5) is 0. The first-order valence-corrected chi connectivity index (χ1v) is 7.44. The summed E-state index contributed by atoms with van der Waals surface area (Å²) < 4.78 is 3.79. The highest BCUT2D eigenvalue weighted by molar-refractivity contribution is 5.09. The van der Waals surface area contributed by atoms with Crippen molar-refractivity contribution in [2.75, 3.05) is 0 Å². The molecule has 5 heteroatoms. The maximum absolute atomic E-state index is 10.2. The summed E-state index contributed by atoms with van der Waals surface area (Å²) in [6, 6.07) is 4.41. The number of aliphatic hydroxyl groups is 1. The van der Waals surface area contributed by atoms with Crippen LogP contribution in [0.1, 0.15) is 55.6 Å². The van der Waals surface area contributed by atoms with Crippen LogP contribution in [0.4, 0.5) is 0 Å². The average Bonchev–Trinajstić information content (AvgIpc) is 3.09. The number of aliphatic hydroxyl groups excluding tert-OH is 1. The number of rotatable bonds is 4. The lowest BCUT2D eigenvalue weighted by molar-refractivity contribution is 0.171. The SMILES string of the molecule is Cn1ccc(C(O)Cc2ccn(C3CCCCC3)n2)n1. The summed E-state index contributed by atoms with van der Waals surface area (Å²) in [6.07, 6.45) is 10.3. The lowest BCUT2D eigenvalue weighted by atomic mass is 9.96. The first-order chi connectivity index (χ1) is 9.72. The molecule has 0 aliphatic heterocycles. The van der Waals surface area contributed by atoms with E-state index in [2.05, 4.69) is 21.1 Å². The maximum atomic E-state index is 10.2. The molecule has 0 spiro atoms. The minimum atomic E-state index is -0.578. The van der Waals surface area contributed by atoms with Gasteiger partial charge in [0.15, 0.2) is 0 Å². The van der Waals surface area contributed by atoms with Gasteiger partial charge in [-0.15, -0.1) is 0 Å². The topological polar surface area (TPSA) is 55.9 Å². The number of hydrogen-bond donors (Lipinski definition) is 1. The molecule has 0 saturated heterocycles. The van der Waals surface area contributed by atoms with Crippen molar-refractivity contribution in [1.29, 1.82) is 0 Å². The second-order valence-corrected chi connectivity index (χ2v) is 5.71. The van der Waals surface area contributed by atoms with Gasteiger partial charge in [0.1, 0.15) is 6.10 Å². The lowest BCUT2D eigenvalue weighted by Gasteiger charge is -2.21. The van der Waals surface area contributed by atoms with E-state index in [4.69, 9.17) is 0 Å². The third kappa shape index (κ3) is 2.93. The molecule has 5 nitrogen and oxygen atoms in total. The molecule has 2 heterocycles. The van der Waals surface area contributed by atoms with Gasteiger partial charge in [-0.2, -0.15) is 10.2 Å². The van der Waals surface area contributed by atoms with E-state index in [9.17, 15) is 5.11 Å². The minimum Gasteiger partial charge on any atom is -0.386 e. The van der Waals surface area contributed by atoms with E-state index in [1.807, 2.05) is 25.4 Å². The Bertz CT molecular complexity index is 554. The molecule has 0 amide bonds. The van der Waals surface area contributed by atoms with Crippen LogP contribution in [0.3, 0.4) is 0 Å². The molecule has 1 aliphatic rings. The van der Waals surface area contributed by atoms with E-state index < -0.39 is 6.10 Å². The Morgan fingerprint density at radius 3 is 2.70 bits per heavy atom. The predicted molar refractivity (Wildman–Crippen MR) is 76.2 cm³/mol. The zero-order chi connectivity index (χ0) is 13.9. The van der Waals surface area contributed by atoms with Crippen LogP contribution in [0, 0.1) is 0 Å². The Balaban J connectivity index is 1.64. The summed E-state index contributed by atoms with van der Waals surface area (Å²) >= 11 is 0. The summed E-state index contributed by atoms with van der Waals surface area (Å²) in [5, 5.41) is 19.0. The van der Waals surface area contributed by atoms with Crippen LogP contribution >= 0.6 is 0 Å². The van der Waals surface area contributed by atoms with Gasteiger partial charge in [-0.25, -0.2) is 0 Å². The largest absolute Gasteiger partial charge is 0.386 e. The van der Waals surface area contributed by atoms with Gasteiger partial charge in [0.2, 0.25) is 0 Å². The Kier molecular flexibility index (Phi) is 3.87. The highest BCUT2D eigenvalue weighted by atomic mass is 16.3. The Hall–Kier alpha value is -1.62. The molecule has 1 saturated carbocycles. The molecule has 1 aliphatic carbocycles. The van der Waals surface area contributed by atoms with Gasteiger partial charge in [0.25, 0.3) is 0 Å². The second-order valence-electron chi connectivity index (χ2n) is 5.71. The maximum Gasteiger partial charge on any atom is 0.103 e. The van der Waals surface area contributed by atoms with Crippen molar-refractivity contribution in [3.05, 3.63) is 35.9 Å².